The predicted octanol–water partition coefficient (Wildman–Crippen LogP) is 2.23. The van der Waals surface area contributed by atoms with E-state index in [4.69, 9.17) is 11.6 Å². The first kappa shape index (κ1) is 10.8. The summed E-state index contributed by atoms with van der Waals surface area (Å²) in [7, 11) is 0. The Labute approximate surface area is 105 Å². The number of fused-ring (bicyclic) bond motifs is 1. The molecule has 2 unspecified atom stereocenters. The molecular formula is C11H16ClN3S. The molecule has 0 aliphatic carbocycles. The molecule has 0 saturated carbocycles. The maximum Gasteiger partial charge on any atom is 0.187 e. The average molecular weight is 258 g/mol. The van der Waals surface area contributed by atoms with Crippen molar-refractivity contribution in [1.29, 1.82) is 0 Å². The highest BCUT2D eigenvalue weighted by molar-refractivity contribution is 7.14. The highest BCUT2D eigenvalue weighted by Crippen LogP contribution is 2.44. The van der Waals surface area contributed by atoms with Crippen molar-refractivity contribution in [2.75, 3.05) is 24.5 Å². The second-order valence-electron chi connectivity index (χ2n) is 5.24. The van der Waals surface area contributed by atoms with E-state index < -0.39 is 0 Å². The lowest BCUT2D eigenvalue weighted by molar-refractivity contribution is 0.357. The van der Waals surface area contributed by atoms with Crippen LogP contribution in [0.2, 0.25) is 5.15 Å². The molecule has 2 saturated heterocycles. The quantitative estimate of drug-likeness (QED) is 0.836. The number of hydrogen-bond donors (Lipinski definition) is 1. The van der Waals surface area contributed by atoms with Crippen LogP contribution in [0.4, 0.5) is 5.13 Å². The molecule has 2 aliphatic rings. The minimum Gasteiger partial charge on any atom is -0.342 e. The Morgan fingerprint density at radius 1 is 1.56 bits per heavy atom. The third kappa shape index (κ3) is 1.47. The van der Waals surface area contributed by atoms with Crippen molar-refractivity contribution in [2.45, 2.75) is 19.4 Å². The normalized spacial score (nSPS) is 32.1. The van der Waals surface area contributed by atoms with Gasteiger partial charge in [-0.1, -0.05) is 11.6 Å². The molecule has 0 amide bonds. The van der Waals surface area contributed by atoms with E-state index in [1.165, 1.54) is 0 Å². The van der Waals surface area contributed by atoms with E-state index in [1.807, 2.05) is 5.38 Å². The van der Waals surface area contributed by atoms with Gasteiger partial charge in [0.05, 0.1) is 0 Å². The van der Waals surface area contributed by atoms with Crippen molar-refractivity contribution in [1.82, 2.24) is 10.3 Å². The van der Waals surface area contributed by atoms with E-state index in [1.54, 1.807) is 11.3 Å². The standard InChI is InChI=1S/C11H16ClN3S/c1-11(2)8-4-13-3-7(8)5-15(11)10-14-9(12)6-16-10/h6-8,13H,3-5H2,1-2H3. The summed E-state index contributed by atoms with van der Waals surface area (Å²) in [6.07, 6.45) is 0. The molecule has 0 radical (unpaired) electrons. The molecule has 3 nitrogen and oxygen atoms in total. The van der Waals surface area contributed by atoms with Crippen molar-refractivity contribution in [3.8, 4) is 0 Å². The summed E-state index contributed by atoms with van der Waals surface area (Å²) >= 11 is 7.56. The third-order valence-electron chi connectivity index (χ3n) is 4.05. The molecular weight excluding hydrogens is 242 g/mol. The lowest BCUT2D eigenvalue weighted by atomic mass is 9.85. The van der Waals surface area contributed by atoms with Crippen molar-refractivity contribution in [3.05, 3.63) is 10.5 Å². The summed E-state index contributed by atoms with van der Waals surface area (Å²) < 4.78 is 0. The molecule has 3 heterocycles. The van der Waals surface area contributed by atoms with Crippen LogP contribution in [-0.4, -0.2) is 30.2 Å². The van der Waals surface area contributed by atoms with Gasteiger partial charge in [0.2, 0.25) is 0 Å². The number of nitrogens with one attached hydrogen (secondary N) is 1. The van der Waals surface area contributed by atoms with Crippen molar-refractivity contribution < 1.29 is 0 Å². The molecule has 0 spiro atoms. The Balaban J connectivity index is 1.92. The summed E-state index contributed by atoms with van der Waals surface area (Å²) in [5.74, 6) is 1.49. The first-order chi connectivity index (χ1) is 7.59. The lowest BCUT2D eigenvalue weighted by Gasteiger charge is -2.35. The topological polar surface area (TPSA) is 28.2 Å². The Hall–Kier alpha value is -0.320. The smallest absolute Gasteiger partial charge is 0.187 e. The van der Waals surface area contributed by atoms with Gasteiger partial charge in [0, 0.05) is 30.6 Å². The van der Waals surface area contributed by atoms with Gasteiger partial charge in [-0.15, -0.1) is 11.3 Å². The van der Waals surface area contributed by atoms with Crippen molar-refractivity contribution in [2.24, 2.45) is 11.8 Å². The summed E-state index contributed by atoms with van der Waals surface area (Å²) in [5, 5.41) is 7.09. The molecule has 2 aliphatic heterocycles. The van der Waals surface area contributed by atoms with Gasteiger partial charge in [0.15, 0.2) is 5.13 Å². The molecule has 0 aromatic carbocycles. The molecule has 2 fully saturated rings. The SMILES string of the molecule is CC1(C)C2CNCC2CN1c1nc(Cl)cs1. The van der Waals surface area contributed by atoms with Crippen molar-refractivity contribution >= 4 is 28.1 Å². The zero-order valence-electron chi connectivity index (χ0n) is 9.53. The van der Waals surface area contributed by atoms with E-state index in [0.717, 1.165) is 36.6 Å². The summed E-state index contributed by atoms with van der Waals surface area (Å²) in [5.41, 5.74) is 0.190. The van der Waals surface area contributed by atoms with Crippen LogP contribution in [-0.2, 0) is 0 Å². The number of thiazole rings is 1. The van der Waals surface area contributed by atoms with Crippen LogP contribution >= 0.6 is 22.9 Å². The van der Waals surface area contributed by atoms with Crippen LogP contribution in [0.1, 0.15) is 13.8 Å². The summed E-state index contributed by atoms with van der Waals surface area (Å²) in [6, 6.07) is 0. The van der Waals surface area contributed by atoms with E-state index in [-0.39, 0.29) is 5.54 Å². The molecule has 0 bridgehead atoms. The average Bonchev–Trinajstić information content (AvgIpc) is 2.85. The first-order valence-corrected chi connectivity index (χ1v) is 6.94. The van der Waals surface area contributed by atoms with Crippen LogP contribution in [0.5, 0.6) is 0 Å². The number of halogens is 1. The van der Waals surface area contributed by atoms with Crippen molar-refractivity contribution in [3.63, 3.8) is 0 Å². The van der Waals surface area contributed by atoms with Crippen LogP contribution in [0.25, 0.3) is 0 Å². The molecule has 88 valence electrons. The maximum atomic E-state index is 5.91. The molecule has 1 aromatic rings. The van der Waals surface area contributed by atoms with E-state index >= 15 is 0 Å². The van der Waals surface area contributed by atoms with Crippen LogP contribution < -0.4 is 10.2 Å². The fourth-order valence-corrected chi connectivity index (χ4v) is 4.22. The molecule has 5 heteroatoms. The number of anilines is 1. The van der Waals surface area contributed by atoms with Gasteiger partial charge in [-0.05, 0) is 25.7 Å². The number of nitrogens with zero attached hydrogens (tertiary/aromatic N) is 2. The van der Waals surface area contributed by atoms with Gasteiger partial charge >= 0.3 is 0 Å². The fraction of sp³-hybridized carbons (Fsp3) is 0.727. The number of hydrogen-bond acceptors (Lipinski definition) is 4. The van der Waals surface area contributed by atoms with Gasteiger partial charge in [0.25, 0.3) is 0 Å². The van der Waals surface area contributed by atoms with Crippen LogP contribution in [0, 0.1) is 11.8 Å². The third-order valence-corrected chi connectivity index (χ3v) is 5.24. The minimum absolute atomic E-state index is 0.190. The number of rotatable bonds is 1. The Kier molecular flexibility index (Phi) is 2.42. The largest absolute Gasteiger partial charge is 0.342 e. The minimum atomic E-state index is 0.190. The van der Waals surface area contributed by atoms with Crippen LogP contribution in [0.15, 0.2) is 5.38 Å². The monoisotopic (exact) mass is 257 g/mol. The van der Waals surface area contributed by atoms with Gasteiger partial charge in [-0.25, -0.2) is 4.98 Å². The predicted molar refractivity (Wildman–Crippen MR) is 68.4 cm³/mol. The van der Waals surface area contributed by atoms with Crippen LogP contribution in [0.3, 0.4) is 0 Å². The first-order valence-electron chi connectivity index (χ1n) is 5.68. The van der Waals surface area contributed by atoms with E-state index in [2.05, 4.69) is 29.0 Å². The van der Waals surface area contributed by atoms with Gasteiger partial charge in [-0.2, -0.15) is 0 Å². The summed E-state index contributed by atoms with van der Waals surface area (Å²) in [4.78, 5) is 6.84. The van der Waals surface area contributed by atoms with E-state index in [9.17, 15) is 0 Å². The molecule has 1 N–H and O–H groups in total. The highest BCUT2D eigenvalue weighted by atomic mass is 35.5. The second kappa shape index (κ2) is 3.59. The van der Waals surface area contributed by atoms with Gasteiger partial charge in [-0.3, -0.25) is 0 Å². The van der Waals surface area contributed by atoms with E-state index in [0.29, 0.717) is 5.15 Å². The Bertz CT molecular complexity index is 404. The molecule has 16 heavy (non-hydrogen) atoms. The zero-order valence-corrected chi connectivity index (χ0v) is 11.1. The molecule has 2 atom stereocenters. The maximum absolute atomic E-state index is 5.91. The van der Waals surface area contributed by atoms with Gasteiger partial charge in [0.1, 0.15) is 5.15 Å². The zero-order chi connectivity index (χ0) is 11.3. The molecule has 3 rings (SSSR count). The Morgan fingerprint density at radius 2 is 2.38 bits per heavy atom. The summed E-state index contributed by atoms with van der Waals surface area (Å²) in [6.45, 7) is 8.02. The Morgan fingerprint density at radius 3 is 3.00 bits per heavy atom. The highest BCUT2D eigenvalue weighted by Gasteiger charge is 2.50. The second-order valence-corrected chi connectivity index (χ2v) is 6.47. The van der Waals surface area contributed by atoms with Gasteiger partial charge < -0.3 is 10.2 Å². The fourth-order valence-electron chi connectivity index (χ4n) is 3.12. The lowest BCUT2D eigenvalue weighted by Crippen LogP contribution is -2.44. The molecule has 1 aromatic heterocycles. The number of aromatic nitrogens is 1.